The number of hydrogen-bond donors (Lipinski definition) is 1. The molecule has 0 fully saturated rings. The standard InChI is InChI=1S/C20H22N4OS2/c1-13-9-8-12-16(14(13)2)21-19-22-23-20(27-19)26-17(18(25)24(3)4)15-10-6-5-7-11-15/h5-12,17H,1-4H3,(H,21,22)/t17-/m0/s1. The first kappa shape index (κ1) is 19.4. The van der Waals surface area contributed by atoms with Crippen molar-refractivity contribution in [3.8, 4) is 0 Å². The zero-order chi connectivity index (χ0) is 19.4. The largest absolute Gasteiger partial charge is 0.348 e. The molecule has 1 aromatic heterocycles. The van der Waals surface area contributed by atoms with Gasteiger partial charge in [-0.15, -0.1) is 10.2 Å². The van der Waals surface area contributed by atoms with E-state index < -0.39 is 0 Å². The molecule has 0 aliphatic rings. The van der Waals surface area contributed by atoms with Gasteiger partial charge in [0, 0.05) is 19.8 Å². The van der Waals surface area contributed by atoms with E-state index in [0.29, 0.717) is 0 Å². The number of benzene rings is 2. The quantitative estimate of drug-likeness (QED) is 0.603. The van der Waals surface area contributed by atoms with Gasteiger partial charge in [-0.1, -0.05) is 65.6 Å². The van der Waals surface area contributed by atoms with Crippen LogP contribution in [0.4, 0.5) is 10.8 Å². The molecule has 2 aromatic carbocycles. The lowest BCUT2D eigenvalue weighted by atomic mass is 10.1. The van der Waals surface area contributed by atoms with Crippen LogP contribution in [0.1, 0.15) is 21.9 Å². The molecule has 140 valence electrons. The Labute approximate surface area is 167 Å². The number of amides is 1. The van der Waals surface area contributed by atoms with Crippen molar-refractivity contribution >= 4 is 39.8 Å². The smallest absolute Gasteiger partial charge is 0.240 e. The Kier molecular flexibility index (Phi) is 6.13. The first-order chi connectivity index (χ1) is 13.0. The van der Waals surface area contributed by atoms with E-state index in [1.54, 1.807) is 19.0 Å². The average molecular weight is 399 g/mol. The van der Waals surface area contributed by atoms with E-state index in [1.165, 1.54) is 34.2 Å². The molecule has 1 amide bonds. The summed E-state index contributed by atoms with van der Waals surface area (Å²) < 4.78 is 0.756. The maximum atomic E-state index is 12.7. The highest BCUT2D eigenvalue weighted by molar-refractivity contribution is 8.01. The molecular formula is C20H22N4OS2. The van der Waals surface area contributed by atoms with Gasteiger partial charge in [-0.25, -0.2) is 0 Å². The number of carbonyl (C=O) groups is 1. The van der Waals surface area contributed by atoms with E-state index in [-0.39, 0.29) is 11.2 Å². The number of carbonyl (C=O) groups excluding carboxylic acids is 1. The van der Waals surface area contributed by atoms with E-state index in [1.807, 2.05) is 42.5 Å². The van der Waals surface area contributed by atoms with E-state index in [4.69, 9.17) is 0 Å². The van der Waals surface area contributed by atoms with E-state index in [9.17, 15) is 4.79 Å². The number of aromatic nitrogens is 2. The van der Waals surface area contributed by atoms with Crippen LogP contribution in [0.5, 0.6) is 0 Å². The second-order valence-electron chi connectivity index (χ2n) is 6.39. The summed E-state index contributed by atoms with van der Waals surface area (Å²) in [7, 11) is 3.54. The second kappa shape index (κ2) is 8.54. The maximum absolute atomic E-state index is 12.7. The Morgan fingerprint density at radius 2 is 1.81 bits per heavy atom. The van der Waals surface area contributed by atoms with Crippen LogP contribution in [0, 0.1) is 13.8 Å². The highest BCUT2D eigenvalue weighted by Gasteiger charge is 2.25. The molecule has 0 radical (unpaired) electrons. The fourth-order valence-corrected chi connectivity index (χ4v) is 4.64. The fraction of sp³-hybridized carbons (Fsp3) is 0.250. The molecular weight excluding hydrogens is 376 g/mol. The normalized spacial score (nSPS) is 11.9. The molecule has 0 saturated carbocycles. The first-order valence-electron chi connectivity index (χ1n) is 8.55. The highest BCUT2D eigenvalue weighted by Crippen LogP contribution is 2.39. The summed E-state index contributed by atoms with van der Waals surface area (Å²) in [5.74, 6) is 0.0328. The number of hydrogen-bond acceptors (Lipinski definition) is 6. The molecule has 7 heteroatoms. The molecule has 0 bridgehead atoms. The SMILES string of the molecule is Cc1cccc(Nc2nnc(S[C@H](C(=O)N(C)C)c3ccccc3)s2)c1C. The van der Waals surface area contributed by atoms with Crippen molar-refractivity contribution in [2.24, 2.45) is 0 Å². The lowest BCUT2D eigenvalue weighted by Crippen LogP contribution is -2.26. The monoisotopic (exact) mass is 398 g/mol. The zero-order valence-electron chi connectivity index (χ0n) is 15.8. The molecule has 0 spiro atoms. The minimum absolute atomic E-state index is 0.0328. The molecule has 27 heavy (non-hydrogen) atoms. The Bertz CT molecular complexity index is 925. The van der Waals surface area contributed by atoms with Crippen LogP contribution in [0.25, 0.3) is 0 Å². The van der Waals surface area contributed by atoms with Gasteiger partial charge in [0.25, 0.3) is 0 Å². The number of likely N-dealkylation sites (N-methyl/N-ethyl adjacent to an activating group) is 1. The Morgan fingerprint density at radius 1 is 1.07 bits per heavy atom. The lowest BCUT2D eigenvalue weighted by molar-refractivity contribution is -0.128. The molecule has 0 aliphatic heterocycles. The van der Waals surface area contributed by atoms with Gasteiger partial charge in [0.05, 0.1) is 0 Å². The Morgan fingerprint density at radius 3 is 2.52 bits per heavy atom. The molecule has 1 heterocycles. The number of nitrogens with zero attached hydrogens (tertiary/aromatic N) is 3. The highest BCUT2D eigenvalue weighted by atomic mass is 32.2. The summed E-state index contributed by atoms with van der Waals surface area (Å²) in [5, 5.41) is 12.2. The zero-order valence-corrected chi connectivity index (χ0v) is 17.4. The Hall–Kier alpha value is -2.38. The summed E-state index contributed by atoms with van der Waals surface area (Å²) in [5.41, 5.74) is 4.39. The van der Waals surface area contributed by atoms with Crippen molar-refractivity contribution in [1.29, 1.82) is 0 Å². The number of thioether (sulfide) groups is 1. The van der Waals surface area contributed by atoms with Crippen LogP contribution in [0.2, 0.25) is 0 Å². The number of aryl methyl sites for hydroxylation is 1. The summed E-state index contributed by atoms with van der Waals surface area (Å²) in [4.78, 5) is 14.3. The van der Waals surface area contributed by atoms with Crippen molar-refractivity contribution in [1.82, 2.24) is 15.1 Å². The molecule has 1 N–H and O–H groups in total. The molecule has 5 nitrogen and oxygen atoms in total. The van der Waals surface area contributed by atoms with Gasteiger partial charge in [-0.05, 0) is 36.6 Å². The molecule has 0 saturated heterocycles. The van der Waals surface area contributed by atoms with Crippen LogP contribution < -0.4 is 5.32 Å². The summed E-state index contributed by atoms with van der Waals surface area (Å²) >= 11 is 2.88. The molecule has 1 atom stereocenters. The van der Waals surface area contributed by atoms with Crippen LogP contribution in [-0.2, 0) is 4.79 Å². The molecule has 3 rings (SSSR count). The molecule has 0 unspecified atom stereocenters. The van der Waals surface area contributed by atoms with Gasteiger partial charge in [0.15, 0.2) is 4.34 Å². The third-order valence-corrected chi connectivity index (χ3v) is 6.40. The van der Waals surface area contributed by atoms with Crippen LogP contribution >= 0.6 is 23.1 Å². The topological polar surface area (TPSA) is 58.1 Å². The third-order valence-electron chi connectivity index (χ3n) is 4.24. The van der Waals surface area contributed by atoms with Gasteiger partial charge >= 0.3 is 0 Å². The van der Waals surface area contributed by atoms with Crippen molar-refractivity contribution in [2.75, 3.05) is 19.4 Å². The van der Waals surface area contributed by atoms with Gasteiger partial charge < -0.3 is 10.2 Å². The van der Waals surface area contributed by atoms with Crippen molar-refractivity contribution in [3.05, 3.63) is 65.2 Å². The second-order valence-corrected chi connectivity index (χ2v) is 8.72. The summed E-state index contributed by atoms with van der Waals surface area (Å²) in [6.07, 6.45) is 0. The van der Waals surface area contributed by atoms with Crippen LogP contribution in [-0.4, -0.2) is 35.1 Å². The predicted molar refractivity (Wildman–Crippen MR) is 113 cm³/mol. The minimum atomic E-state index is -0.345. The minimum Gasteiger partial charge on any atom is -0.348 e. The lowest BCUT2D eigenvalue weighted by Gasteiger charge is -2.19. The van der Waals surface area contributed by atoms with Crippen LogP contribution in [0.3, 0.4) is 0 Å². The number of nitrogens with one attached hydrogen (secondary N) is 1. The summed E-state index contributed by atoms with van der Waals surface area (Å²) in [6, 6.07) is 15.9. The molecule has 0 aliphatic carbocycles. The van der Waals surface area contributed by atoms with Crippen molar-refractivity contribution in [3.63, 3.8) is 0 Å². The van der Waals surface area contributed by atoms with Gasteiger partial charge in [-0.2, -0.15) is 0 Å². The van der Waals surface area contributed by atoms with Gasteiger partial charge in [0.1, 0.15) is 5.25 Å². The van der Waals surface area contributed by atoms with Gasteiger partial charge in [0.2, 0.25) is 11.0 Å². The Balaban J connectivity index is 1.80. The average Bonchev–Trinajstić information content (AvgIpc) is 3.11. The predicted octanol–water partition coefficient (Wildman–Crippen LogP) is 4.82. The summed E-state index contributed by atoms with van der Waals surface area (Å²) in [6.45, 7) is 4.16. The van der Waals surface area contributed by atoms with Crippen molar-refractivity contribution < 1.29 is 4.79 Å². The number of anilines is 2. The fourth-order valence-electron chi connectivity index (χ4n) is 2.53. The maximum Gasteiger partial charge on any atom is 0.240 e. The number of rotatable bonds is 6. The van der Waals surface area contributed by atoms with Crippen molar-refractivity contribution in [2.45, 2.75) is 23.4 Å². The first-order valence-corrected chi connectivity index (χ1v) is 10.2. The van der Waals surface area contributed by atoms with Gasteiger partial charge in [-0.3, -0.25) is 4.79 Å². The van der Waals surface area contributed by atoms with E-state index in [0.717, 1.165) is 20.7 Å². The van der Waals surface area contributed by atoms with Crippen LogP contribution in [0.15, 0.2) is 52.9 Å². The third kappa shape index (κ3) is 4.67. The molecule has 3 aromatic rings. The van der Waals surface area contributed by atoms with E-state index in [2.05, 4.69) is 35.4 Å². The van der Waals surface area contributed by atoms with E-state index >= 15 is 0 Å².